The molecule has 0 radical (unpaired) electrons. The molecule has 0 spiro atoms. The van der Waals surface area contributed by atoms with Crippen LogP contribution in [0.4, 0.5) is 4.79 Å². The zero-order chi connectivity index (χ0) is 24.3. The number of rotatable bonds is 4. The molecule has 0 saturated carbocycles. The summed E-state index contributed by atoms with van der Waals surface area (Å²) in [6.45, 7) is 8.70. The van der Waals surface area contributed by atoms with Gasteiger partial charge in [-0.1, -0.05) is 42.5 Å². The Balaban J connectivity index is 1.51. The van der Waals surface area contributed by atoms with Crippen molar-refractivity contribution in [3.63, 3.8) is 0 Å². The van der Waals surface area contributed by atoms with Crippen molar-refractivity contribution in [1.29, 1.82) is 0 Å². The van der Waals surface area contributed by atoms with E-state index < -0.39 is 5.60 Å². The molecule has 2 amide bonds. The molecule has 1 aliphatic rings. The van der Waals surface area contributed by atoms with Crippen LogP contribution in [0, 0.1) is 6.92 Å². The zero-order valence-electron chi connectivity index (χ0n) is 20.2. The monoisotopic (exact) mass is 460 g/mol. The van der Waals surface area contributed by atoms with Crippen molar-refractivity contribution in [2.75, 3.05) is 13.1 Å². The summed E-state index contributed by atoms with van der Waals surface area (Å²) >= 11 is 0. The number of amides is 2. The van der Waals surface area contributed by atoms with Gasteiger partial charge >= 0.3 is 6.09 Å². The maximum Gasteiger partial charge on any atom is 0.410 e. The molecule has 34 heavy (non-hydrogen) atoms. The Hall–Kier alpha value is -3.61. The van der Waals surface area contributed by atoms with Crippen LogP contribution in [0.2, 0.25) is 0 Å². The second-order valence-electron chi connectivity index (χ2n) is 9.70. The van der Waals surface area contributed by atoms with Crippen LogP contribution >= 0.6 is 0 Å². The third kappa shape index (κ3) is 5.47. The zero-order valence-corrected chi connectivity index (χ0v) is 20.2. The number of carbonyl (C=O) groups is 2. The number of aromatic nitrogens is 2. The Morgan fingerprint density at radius 1 is 1.00 bits per heavy atom. The van der Waals surface area contributed by atoms with Crippen LogP contribution in [0.15, 0.2) is 60.8 Å². The maximum atomic E-state index is 13.4. The maximum absolute atomic E-state index is 13.4. The summed E-state index contributed by atoms with van der Waals surface area (Å²) in [5.41, 5.74) is 3.55. The first-order valence-corrected chi connectivity index (χ1v) is 11.7. The average molecular weight is 461 g/mol. The van der Waals surface area contributed by atoms with Gasteiger partial charge in [0.25, 0.3) is 5.91 Å². The van der Waals surface area contributed by atoms with E-state index in [1.807, 2.05) is 82.3 Å². The molecule has 0 aliphatic carbocycles. The number of ether oxygens (including phenoxy) is 1. The smallest absolute Gasteiger partial charge is 0.410 e. The van der Waals surface area contributed by atoms with Gasteiger partial charge in [0.15, 0.2) is 0 Å². The van der Waals surface area contributed by atoms with E-state index in [9.17, 15) is 9.59 Å². The third-order valence-corrected chi connectivity index (χ3v) is 5.86. The number of piperidine rings is 1. The van der Waals surface area contributed by atoms with Gasteiger partial charge in [-0.2, -0.15) is 5.10 Å². The highest BCUT2D eigenvalue weighted by Crippen LogP contribution is 2.27. The van der Waals surface area contributed by atoms with Crippen LogP contribution in [0.25, 0.3) is 16.9 Å². The van der Waals surface area contributed by atoms with E-state index in [-0.39, 0.29) is 18.0 Å². The standard InChI is InChI=1S/C27H32N4O3/c1-19-10-8-9-13-22(19)24-23(18-31(29-24)21-11-6-5-7-12-21)25(32)28-20-14-16-30(17-15-20)26(33)34-27(2,3)4/h5-13,18,20H,14-17H2,1-4H3,(H,28,32). The predicted octanol–water partition coefficient (Wildman–Crippen LogP) is 4.98. The molecule has 0 unspecified atom stereocenters. The Bertz CT molecular complexity index is 1160. The van der Waals surface area contributed by atoms with Crippen molar-refractivity contribution in [3.05, 3.63) is 71.9 Å². The minimum Gasteiger partial charge on any atom is -0.444 e. The fourth-order valence-electron chi connectivity index (χ4n) is 4.09. The molecule has 3 aromatic rings. The second kappa shape index (κ2) is 9.71. The van der Waals surface area contributed by atoms with Crippen LogP contribution in [0.1, 0.15) is 49.5 Å². The van der Waals surface area contributed by atoms with E-state index >= 15 is 0 Å². The van der Waals surface area contributed by atoms with E-state index in [1.54, 1.807) is 15.8 Å². The van der Waals surface area contributed by atoms with Crippen LogP contribution in [0.3, 0.4) is 0 Å². The Morgan fingerprint density at radius 3 is 2.29 bits per heavy atom. The molecule has 2 aromatic carbocycles. The number of carbonyl (C=O) groups excluding carboxylic acids is 2. The Kier molecular flexibility index (Phi) is 6.72. The van der Waals surface area contributed by atoms with Crippen molar-refractivity contribution >= 4 is 12.0 Å². The average Bonchev–Trinajstić information content (AvgIpc) is 3.25. The van der Waals surface area contributed by atoms with E-state index in [4.69, 9.17) is 9.84 Å². The molecule has 7 heteroatoms. The van der Waals surface area contributed by atoms with E-state index in [0.717, 1.165) is 16.8 Å². The SMILES string of the molecule is Cc1ccccc1-c1nn(-c2ccccc2)cc1C(=O)NC1CCN(C(=O)OC(C)(C)C)CC1. The number of hydrogen-bond acceptors (Lipinski definition) is 4. The summed E-state index contributed by atoms with van der Waals surface area (Å²) in [7, 11) is 0. The van der Waals surface area contributed by atoms with Crippen LogP contribution in [-0.4, -0.2) is 51.4 Å². The molecule has 1 aliphatic heterocycles. The van der Waals surface area contributed by atoms with E-state index in [1.165, 1.54) is 0 Å². The van der Waals surface area contributed by atoms with Crippen molar-refractivity contribution in [2.45, 2.75) is 52.2 Å². The quantitative estimate of drug-likeness (QED) is 0.596. The van der Waals surface area contributed by atoms with Gasteiger partial charge in [0.2, 0.25) is 0 Å². The summed E-state index contributed by atoms with van der Waals surface area (Å²) in [5.74, 6) is -0.156. The topological polar surface area (TPSA) is 76.5 Å². The van der Waals surface area contributed by atoms with E-state index in [0.29, 0.717) is 37.2 Å². The number of nitrogens with zero attached hydrogens (tertiary/aromatic N) is 3. The minimum absolute atomic E-state index is 0.0176. The fourth-order valence-corrected chi connectivity index (χ4v) is 4.09. The van der Waals surface area contributed by atoms with Gasteiger partial charge in [-0.05, 0) is 58.2 Å². The number of likely N-dealkylation sites (tertiary alicyclic amines) is 1. The predicted molar refractivity (Wildman–Crippen MR) is 132 cm³/mol. The summed E-state index contributed by atoms with van der Waals surface area (Å²) < 4.78 is 7.22. The van der Waals surface area contributed by atoms with Gasteiger partial charge in [-0.3, -0.25) is 4.79 Å². The fraction of sp³-hybridized carbons (Fsp3) is 0.370. The second-order valence-corrected chi connectivity index (χ2v) is 9.70. The number of aryl methyl sites for hydroxylation is 1. The first-order chi connectivity index (χ1) is 16.2. The van der Waals surface area contributed by atoms with Crippen molar-refractivity contribution in [3.8, 4) is 16.9 Å². The van der Waals surface area contributed by atoms with Crippen LogP contribution < -0.4 is 5.32 Å². The van der Waals surface area contributed by atoms with Crippen LogP contribution in [-0.2, 0) is 4.74 Å². The molecule has 0 bridgehead atoms. The molecule has 7 nitrogen and oxygen atoms in total. The lowest BCUT2D eigenvalue weighted by atomic mass is 10.0. The summed E-state index contributed by atoms with van der Waals surface area (Å²) in [5, 5.41) is 7.95. The highest BCUT2D eigenvalue weighted by molar-refractivity contribution is 6.00. The first kappa shape index (κ1) is 23.5. The lowest BCUT2D eigenvalue weighted by molar-refractivity contribution is 0.0199. The molecule has 4 rings (SSSR count). The molecule has 2 heterocycles. The summed E-state index contributed by atoms with van der Waals surface area (Å²) in [6.07, 6.45) is 2.85. The van der Waals surface area contributed by atoms with Gasteiger partial charge in [-0.15, -0.1) is 0 Å². The van der Waals surface area contributed by atoms with Crippen LogP contribution in [0.5, 0.6) is 0 Å². The number of nitrogens with one attached hydrogen (secondary N) is 1. The minimum atomic E-state index is -0.521. The van der Waals surface area contributed by atoms with Gasteiger partial charge in [-0.25, -0.2) is 9.48 Å². The van der Waals surface area contributed by atoms with Crippen molar-refractivity contribution in [1.82, 2.24) is 20.0 Å². The molecular weight excluding hydrogens is 428 g/mol. The van der Waals surface area contributed by atoms with Gasteiger partial charge < -0.3 is 15.0 Å². The molecular formula is C27H32N4O3. The molecule has 1 N–H and O–H groups in total. The van der Waals surface area contributed by atoms with Gasteiger partial charge in [0.05, 0.1) is 11.3 Å². The highest BCUT2D eigenvalue weighted by Gasteiger charge is 2.29. The summed E-state index contributed by atoms with van der Waals surface area (Å²) in [6, 6.07) is 17.7. The normalized spacial score (nSPS) is 14.6. The highest BCUT2D eigenvalue weighted by atomic mass is 16.6. The Morgan fingerprint density at radius 2 is 1.65 bits per heavy atom. The lowest BCUT2D eigenvalue weighted by Gasteiger charge is -2.33. The molecule has 1 saturated heterocycles. The largest absolute Gasteiger partial charge is 0.444 e. The Labute approximate surface area is 200 Å². The van der Waals surface area contributed by atoms with Crippen molar-refractivity contribution in [2.24, 2.45) is 0 Å². The molecule has 1 fully saturated rings. The molecule has 1 aromatic heterocycles. The molecule has 178 valence electrons. The molecule has 0 atom stereocenters. The van der Waals surface area contributed by atoms with Gasteiger partial charge in [0.1, 0.15) is 11.3 Å². The number of para-hydroxylation sites is 1. The third-order valence-electron chi connectivity index (χ3n) is 5.86. The van der Waals surface area contributed by atoms with Gasteiger partial charge in [0, 0.05) is 30.9 Å². The van der Waals surface area contributed by atoms with Crippen molar-refractivity contribution < 1.29 is 14.3 Å². The lowest BCUT2D eigenvalue weighted by Crippen LogP contribution is -2.47. The summed E-state index contributed by atoms with van der Waals surface area (Å²) in [4.78, 5) is 27.4. The number of benzene rings is 2. The number of hydrogen-bond donors (Lipinski definition) is 1. The van der Waals surface area contributed by atoms with E-state index in [2.05, 4.69) is 5.32 Å². The first-order valence-electron chi connectivity index (χ1n) is 11.7.